The summed E-state index contributed by atoms with van der Waals surface area (Å²) in [6.45, 7) is 1.40. The van der Waals surface area contributed by atoms with Gasteiger partial charge in [-0.3, -0.25) is 0 Å². The predicted molar refractivity (Wildman–Crippen MR) is 56.5 cm³/mol. The molecule has 0 atom stereocenters. The van der Waals surface area contributed by atoms with Gasteiger partial charge in [-0.2, -0.15) is 0 Å². The van der Waals surface area contributed by atoms with Crippen molar-refractivity contribution in [2.75, 3.05) is 13.2 Å². The number of aromatic hydroxyl groups is 1. The molecule has 78 valence electrons. The van der Waals surface area contributed by atoms with Crippen molar-refractivity contribution in [3.63, 3.8) is 0 Å². The zero-order valence-electron chi connectivity index (χ0n) is 7.83. The molecule has 0 amide bonds. The topological polar surface area (TPSA) is 52.5 Å². The monoisotopic (exact) mass is 215 g/mol. The van der Waals surface area contributed by atoms with Crippen LogP contribution in [0.3, 0.4) is 0 Å². The molecule has 3 N–H and O–H groups in total. The molecule has 3 nitrogen and oxygen atoms in total. The van der Waals surface area contributed by atoms with Gasteiger partial charge in [0.1, 0.15) is 5.75 Å². The molecule has 4 heteroatoms. The maximum atomic E-state index is 9.47. The number of aliphatic hydroxyl groups is 1. The second-order valence-electron chi connectivity index (χ2n) is 2.99. The Bertz CT molecular complexity index is 271. The van der Waals surface area contributed by atoms with E-state index in [-0.39, 0.29) is 12.4 Å². The van der Waals surface area contributed by atoms with Crippen molar-refractivity contribution in [2.45, 2.75) is 13.0 Å². The van der Waals surface area contributed by atoms with Crippen molar-refractivity contribution in [2.24, 2.45) is 0 Å². The molecule has 0 aliphatic rings. The number of rotatable bonds is 5. The van der Waals surface area contributed by atoms with Crippen molar-refractivity contribution in [3.05, 3.63) is 28.8 Å². The van der Waals surface area contributed by atoms with Gasteiger partial charge in [0.25, 0.3) is 0 Å². The fourth-order valence-electron chi connectivity index (χ4n) is 1.14. The summed E-state index contributed by atoms with van der Waals surface area (Å²) in [5.41, 5.74) is 0.701. The molecule has 0 aliphatic heterocycles. The largest absolute Gasteiger partial charge is 0.508 e. The first-order valence-electron chi connectivity index (χ1n) is 4.53. The minimum atomic E-state index is 0.168. The minimum absolute atomic E-state index is 0.168. The number of halogens is 1. The van der Waals surface area contributed by atoms with Crippen molar-refractivity contribution >= 4 is 11.6 Å². The number of hydrogen-bond acceptors (Lipinski definition) is 3. The fraction of sp³-hybridized carbons (Fsp3) is 0.400. The van der Waals surface area contributed by atoms with Crippen LogP contribution in [-0.4, -0.2) is 23.4 Å². The van der Waals surface area contributed by atoms with Gasteiger partial charge < -0.3 is 15.5 Å². The molecule has 1 aromatic rings. The highest BCUT2D eigenvalue weighted by molar-refractivity contribution is 6.31. The second-order valence-corrected chi connectivity index (χ2v) is 3.40. The van der Waals surface area contributed by atoms with E-state index in [1.165, 1.54) is 0 Å². The molecule has 14 heavy (non-hydrogen) atoms. The Balaban J connectivity index is 2.49. The number of aliphatic hydroxyl groups excluding tert-OH is 1. The van der Waals surface area contributed by atoms with Gasteiger partial charge in [0, 0.05) is 23.7 Å². The third-order valence-corrected chi connectivity index (χ3v) is 2.26. The summed E-state index contributed by atoms with van der Waals surface area (Å²) in [6, 6.07) is 5.05. The Labute approximate surface area is 88.3 Å². The minimum Gasteiger partial charge on any atom is -0.508 e. The first kappa shape index (κ1) is 11.3. The van der Waals surface area contributed by atoms with E-state index in [2.05, 4.69) is 5.32 Å². The summed E-state index contributed by atoms with van der Waals surface area (Å²) in [5, 5.41) is 21.7. The Morgan fingerprint density at radius 1 is 1.36 bits per heavy atom. The average molecular weight is 216 g/mol. The standard InChI is InChI=1S/C10H14ClNO2/c11-9-3-1-4-10(14)8(9)7-12-5-2-6-13/h1,3-4,12-14H,2,5-7H2. The average Bonchev–Trinajstić information content (AvgIpc) is 2.16. The van der Waals surface area contributed by atoms with Crippen molar-refractivity contribution in [3.8, 4) is 5.75 Å². The molecule has 0 saturated heterocycles. The molecule has 0 fully saturated rings. The van der Waals surface area contributed by atoms with Gasteiger partial charge in [-0.1, -0.05) is 17.7 Å². The van der Waals surface area contributed by atoms with Gasteiger partial charge in [-0.05, 0) is 25.1 Å². The lowest BCUT2D eigenvalue weighted by atomic mass is 10.2. The Kier molecular flexibility index (Phi) is 4.73. The highest BCUT2D eigenvalue weighted by Crippen LogP contribution is 2.24. The maximum Gasteiger partial charge on any atom is 0.121 e. The number of nitrogens with one attached hydrogen (secondary N) is 1. The molecule has 0 heterocycles. The molecule has 1 rings (SSSR count). The maximum absolute atomic E-state index is 9.47. The fourth-order valence-corrected chi connectivity index (χ4v) is 1.38. The molecule has 1 aromatic carbocycles. The summed E-state index contributed by atoms with van der Waals surface area (Å²) in [6.07, 6.45) is 0.700. The van der Waals surface area contributed by atoms with Gasteiger partial charge in [0.05, 0.1) is 0 Å². The van der Waals surface area contributed by atoms with E-state index >= 15 is 0 Å². The Morgan fingerprint density at radius 3 is 2.79 bits per heavy atom. The van der Waals surface area contributed by atoms with Crippen LogP contribution in [0, 0.1) is 0 Å². The number of phenolic OH excluding ortho intramolecular Hbond substituents is 1. The van der Waals surface area contributed by atoms with Gasteiger partial charge in [-0.25, -0.2) is 0 Å². The van der Waals surface area contributed by atoms with E-state index in [0.717, 1.165) is 0 Å². The van der Waals surface area contributed by atoms with Crippen LogP contribution >= 0.6 is 11.6 Å². The lowest BCUT2D eigenvalue weighted by Gasteiger charge is -2.07. The van der Waals surface area contributed by atoms with Gasteiger partial charge in [0.2, 0.25) is 0 Å². The third-order valence-electron chi connectivity index (χ3n) is 1.91. The number of hydrogen-bond donors (Lipinski definition) is 3. The predicted octanol–water partition coefficient (Wildman–Crippen LogP) is 1.52. The van der Waals surface area contributed by atoms with Crippen LogP contribution in [-0.2, 0) is 6.54 Å². The van der Waals surface area contributed by atoms with Crippen LogP contribution in [0.2, 0.25) is 5.02 Å². The summed E-state index contributed by atoms with van der Waals surface area (Å²) in [7, 11) is 0. The van der Waals surface area contributed by atoms with Gasteiger partial charge in [-0.15, -0.1) is 0 Å². The van der Waals surface area contributed by atoms with Gasteiger partial charge >= 0.3 is 0 Å². The van der Waals surface area contributed by atoms with Crippen LogP contribution < -0.4 is 5.32 Å². The lowest BCUT2D eigenvalue weighted by molar-refractivity contribution is 0.286. The zero-order valence-corrected chi connectivity index (χ0v) is 8.59. The smallest absolute Gasteiger partial charge is 0.121 e. The molecule has 0 radical (unpaired) electrons. The van der Waals surface area contributed by atoms with E-state index in [1.807, 2.05) is 0 Å². The SMILES string of the molecule is OCCCNCc1c(O)cccc1Cl. The normalized spacial score (nSPS) is 10.4. The van der Waals surface area contributed by atoms with Crippen LogP contribution in [0.5, 0.6) is 5.75 Å². The first-order chi connectivity index (χ1) is 6.75. The van der Waals surface area contributed by atoms with E-state index in [9.17, 15) is 5.11 Å². The second kappa shape index (κ2) is 5.86. The zero-order chi connectivity index (χ0) is 10.4. The molecular weight excluding hydrogens is 202 g/mol. The molecule has 0 unspecified atom stereocenters. The number of benzene rings is 1. The van der Waals surface area contributed by atoms with Crippen molar-refractivity contribution < 1.29 is 10.2 Å². The van der Waals surface area contributed by atoms with E-state index in [1.54, 1.807) is 18.2 Å². The Morgan fingerprint density at radius 2 is 2.14 bits per heavy atom. The lowest BCUT2D eigenvalue weighted by Crippen LogP contribution is -2.16. The molecule has 0 spiro atoms. The first-order valence-corrected chi connectivity index (χ1v) is 4.91. The molecule has 0 aliphatic carbocycles. The van der Waals surface area contributed by atoms with Crippen LogP contribution in [0.4, 0.5) is 0 Å². The van der Waals surface area contributed by atoms with Gasteiger partial charge in [0.15, 0.2) is 0 Å². The van der Waals surface area contributed by atoms with Crippen molar-refractivity contribution in [1.29, 1.82) is 0 Å². The van der Waals surface area contributed by atoms with Crippen LogP contribution in [0.25, 0.3) is 0 Å². The summed E-state index contributed by atoms with van der Waals surface area (Å²) >= 11 is 5.89. The molecule has 0 saturated carbocycles. The molecule has 0 bridgehead atoms. The highest BCUT2D eigenvalue weighted by Gasteiger charge is 2.04. The summed E-state index contributed by atoms with van der Waals surface area (Å²) < 4.78 is 0. The van der Waals surface area contributed by atoms with E-state index < -0.39 is 0 Å². The summed E-state index contributed by atoms with van der Waals surface area (Å²) in [4.78, 5) is 0. The van der Waals surface area contributed by atoms with E-state index in [4.69, 9.17) is 16.7 Å². The van der Waals surface area contributed by atoms with Crippen LogP contribution in [0.15, 0.2) is 18.2 Å². The Hall–Kier alpha value is -0.770. The van der Waals surface area contributed by atoms with Crippen LogP contribution in [0.1, 0.15) is 12.0 Å². The molecule has 0 aromatic heterocycles. The molecular formula is C10H14ClNO2. The third kappa shape index (κ3) is 3.18. The summed E-state index contributed by atoms with van der Waals surface area (Å²) in [5.74, 6) is 0.203. The quantitative estimate of drug-likeness (QED) is 0.653. The van der Waals surface area contributed by atoms with E-state index in [0.29, 0.717) is 30.1 Å². The number of phenols is 1. The highest BCUT2D eigenvalue weighted by atomic mass is 35.5. The van der Waals surface area contributed by atoms with Crippen molar-refractivity contribution in [1.82, 2.24) is 5.32 Å².